The van der Waals surface area contributed by atoms with Crippen LogP contribution in [0.4, 0.5) is 5.69 Å². The summed E-state index contributed by atoms with van der Waals surface area (Å²) in [7, 11) is -3.75. The number of anilines is 1. The molecule has 0 spiro atoms. The van der Waals surface area contributed by atoms with Crippen molar-refractivity contribution in [2.75, 3.05) is 4.72 Å². The Morgan fingerprint density at radius 1 is 1.20 bits per heavy atom. The number of rotatable bonds is 3. The van der Waals surface area contributed by atoms with E-state index in [1.165, 1.54) is 0 Å². The monoisotopic (exact) mass is 376 g/mol. The Morgan fingerprint density at radius 3 is 2.20 bits per heavy atom. The van der Waals surface area contributed by atoms with Crippen LogP contribution in [0, 0.1) is 20.8 Å². The molecule has 0 aliphatic carbocycles. The maximum Gasteiger partial charge on any atom is 0.306 e. The number of sulfonamides is 1. The second-order valence-corrected chi connectivity index (χ2v) is 8.11. The second kappa shape index (κ2) is 5.34. The molecule has 1 heterocycles. The Hall–Kier alpha value is -1.12. The molecule has 108 valence electrons. The van der Waals surface area contributed by atoms with Crippen molar-refractivity contribution in [2.45, 2.75) is 25.0 Å². The third kappa shape index (κ3) is 2.97. The highest BCUT2D eigenvalue weighted by Gasteiger charge is 2.21. The van der Waals surface area contributed by atoms with E-state index in [1.807, 2.05) is 13.8 Å². The van der Waals surface area contributed by atoms with Gasteiger partial charge in [0, 0.05) is 15.9 Å². The molecule has 0 unspecified atom stereocenters. The lowest BCUT2D eigenvalue weighted by molar-refractivity contribution is 0.602. The molecule has 8 heteroatoms. The SMILES string of the molecule is Cc1cc(NS(=O)(=O)c2sc(=O)[nH]c2C)cc(C)c1Br. The molecule has 0 radical (unpaired) electrons. The quantitative estimate of drug-likeness (QED) is 0.863. The van der Waals surface area contributed by atoms with Gasteiger partial charge in [-0.15, -0.1) is 0 Å². The first-order valence-electron chi connectivity index (χ1n) is 5.70. The molecule has 20 heavy (non-hydrogen) atoms. The Bertz CT molecular complexity index is 798. The van der Waals surface area contributed by atoms with Crippen LogP contribution in [0.5, 0.6) is 0 Å². The molecule has 2 aromatic rings. The summed E-state index contributed by atoms with van der Waals surface area (Å²) in [6, 6.07) is 3.47. The average molecular weight is 377 g/mol. The van der Waals surface area contributed by atoms with Crippen molar-refractivity contribution in [3.8, 4) is 0 Å². The van der Waals surface area contributed by atoms with Gasteiger partial charge in [0.05, 0.1) is 0 Å². The van der Waals surface area contributed by atoms with E-state index in [1.54, 1.807) is 19.1 Å². The number of thiazole rings is 1. The minimum atomic E-state index is -3.75. The minimum absolute atomic E-state index is 0.0146. The summed E-state index contributed by atoms with van der Waals surface area (Å²) in [6.07, 6.45) is 0. The maximum atomic E-state index is 12.3. The predicted molar refractivity (Wildman–Crippen MR) is 84.1 cm³/mol. The zero-order chi connectivity index (χ0) is 15.1. The number of hydrogen-bond acceptors (Lipinski definition) is 4. The van der Waals surface area contributed by atoms with E-state index >= 15 is 0 Å². The standard InChI is InChI=1S/C12H13BrN2O3S2/c1-6-4-9(5-7(2)10(6)13)15-20(17,18)11-8(3)14-12(16)19-11/h4-5,15H,1-3H3,(H,14,16). The normalized spacial score (nSPS) is 11.6. The van der Waals surface area contributed by atoms with Gasteiger partial charge < -0.3 is 4.98 Å². The highest BCUT2D eigenvalue weighted by atomic mass is 79.9. The Kier molecular flexibility index (Phi) is 4.08. The lowest BCUT2D eigenvalue weighted by atomic mass is 10.1. The summed E-state index contributed by atoms with van der Waals surface area (Å²) in [6.45, 7) is 5.33. The van der Waals surface area contributed by atoms with Crippen molar-refractivity contribution < 1.29 is 8.42 Å². The third-order valence-corrected chi connectivity index (χ3v) is 6.95. The molecule has 0 fully saturated rings. The average Bonchev–Trinajstić information content (AvgIpc) is 2.65. The van der Waals surface area contributed by atoms with Gasteiger partial charge in [-0.1, -0.05) is 27.3 Å². The van der Waals surface area contributed by atoms with Gasteiger partial charge in [-0.05, 0) is 44.0 Å². The van der Waals surface area contributed by atoms with Gasteiger partial charge in [0.25, 0.3) is 10.0 Å². The summed E-state index contributed by atoms with van der Waals surface area (Å²) >= 11 is 4.11. The molecule has 0 saturated heterocycles. The predicted octanol–water partition coefficient (Wildman–Crippen LogP) is 2.92. The number of halogens is 1. The molecule has 0 aliphatic heterocycles. The Labute approximate surface area is 129 Å². The van der Waals surface area contributed by atoms with E-state index in [0.29, 0.717) is 22.7 Å². The molecule has 2 rings (SSSR count). The van der Waals surface area contributed by atoms with E-state index in [4.69, 9.17) is 0 Å². The Morgan fingerprint density at radius 2 is 1.75 bits per heavy atom. The van der Waals surface area contributed by atoms with E-state index in [0.717, 1.165) is 15.6 Å². The molecule has 0 bridgehead atoms. The van der Waals surface area contributed by atoms with Crippen molar-refractivity contribution in [3.63, 3.8) is 0 Å². The van der Waals surface area contributed by atoms with Gasteiger partial charge >= 0.3 is 4.87 Å². The highest BCUT2D eigenvalue weighted by Crippen LogP contribution is 2.27. The number of benzene rings is 1. The van der Waals surface area contributed by atoms with Crippen molar-refractivity contribution >= 4 is 43.0 Å². The summed E-state index contributed by atoms with van der Waals surface area (Å²) in [5, 5.41) is 0. The number of hydrogen-bond donors (Lipinski definition) is 2. The molecule has 5 nitrogen and oxygen atoms in total. The van der Waals surface area contributed by atoms with E-state index < -0.39 is 10.0 Å². The van der Waals surface area contributed by atoms with E-state index in [2.05, 4.69) is 25.6 Å². The first-order valence-corrected chi connectivity index (χ1v) is 8.79. The topological polar surface area (TPSA) is 79.0 Å². The molecular formula is C12H13BrN2O3S2. The first-order chi connectivity index (χ1) is 9.20. The lowest BCUT2D eigenvalue weighted by Crippen LogP contribution is -2.13. The fourth-order valence-electron chi connectivity index (χ4n) is 1.85. The number of aromatic nitrogens is 1. The van der Waals surface area contributed by atoms with Crippen LogP contribution in [0.15, 0.2) is 25.6 Å². The molecular weight excluding hydrogens is 364 g/mol. The minimum Gasteiger partial charge on any atom is -0.315 e. The molecule has 1 aromatic heterocycles. The zero-order valence-corrected chi connectivity index (χ0v) is 14.3. The first kappa shape index (κ1) is 15.3. The summed E-state index contributed by atoms with van der Waals surface area (Å²) in [5.74, 6) is 0. The number of H-pyrrole nitrogens is 1. The highest BCUT2D eigenvalue weighted by molar-refractivity contribution is 9.10. The van der Waals surface area contributed by atoms with Crippen LogP contribution in [0.3, 0.4) is 0 Å². The van der Waals surface area contributed by atoms with Crippen LogP contribution in [-0.4, -0.2) is 13.4 Å². The second-order valence-electron chi connectivity index (χ2n) is 4.46. The smallest absolute Gasteiger partial charge is 0.306 e. The summed E-state index contributed by atoms with van der Waals surface area (Å²) < 4.78 is 28.0. The van der Waals surface area contributed by atoms with Gasteiger partial charge in [-0.25, -0.2) is 8.42 Å². The van der Waals surface area contributed by atoms with Crippen LogP contribution in [0.1, 0.15) is 16.8 Å². The van der Waals surface area contributed by atoms with Gasteiger partial charge in [0.15, 0.2) is 4.21 Å². The molecule has 0 atom stereocenters. The van der Waals surface area contributed by atoms with Crippen LogP contribution >= 0.6 is 27.3 Å². The third-order valence-electron chi connectivity index (χ3n) is 2.71. The van der Waals surface area contributed by atoms with Gasteiger partial charge in [-0.3, -0.25) is 9.52 Å². The van der Waals surface area contributed by atoms with Crippen molar-refractivity contribution in [1.82, 2.24) is 4.98 Å². The van der Waals surface area contributed by atoms with Gasteiger partial charge in [0.1, 0.15) is 0 Å². The van der Waals surface area contributed by atoms with Crippen LogP contribution in [0.2, 0.25) is 0 Å². The molecule has 2 N–H and O–H groups in total. The van der Waals surface area contributed by atoms with Crippen molar-refractivity contribution in [2.24, 2.45) is 0 Å². The van der Waals surface area contributed by atoms with Crippen molar-refractivity contribution in [1.29, 1.82) is 0 Å². The van der Waals surface area contributed by atoms with Crippen LogP contribution in [0.25, 0.3) is 0 Å². The van der Waals surface area contributed by atoms with Crippen molar-refractivity contribution in [3.05, 3.63) is 43.1 Å². The molecule has 1 aromatic carbocycles. The van der Waals surface area contributed by atoms with Gasteiger partial charge in [-0.2, -0.15) is 0 Å². The number of nitrogens with one attached hydrogen (secondary N) is 2. The fourth-order valence-corrected chi connectivity index (χ4v) is 4.42. The van der Waals surface area contributed by atoms with Gasteiger partial charge in [0.2, 0.25) is 0 Å². The molecule has 0 aliphatic rings. The maximum absolute atomic E-state index is 12.3. The zero-order valence-electron chi connectivity index (χ0n) is 11.1. The largest absolute Gasteiger partial charge is 0.315 e. The lowest BCUT2D eigenvalue weighted by Gasteiger charge is -2.10. The van der Waals surface area contributed by atoms with Crippen LogP contribution < -0.4 is 9.60 Å². The fraction of sp³-hybridized carbons (Fsp3) is 0.250. The van der Waals surface area contributed by atoms with E-state index in [-0.39, 0.29) is 9.08 Å². The Balaban J connectivity index is 2.43. The summed E-state index contributed by atoms with van der Waals surface area (Å²) in [4.78, 5) is 13.3. The summed E-state index contributed by atoms with van der Waals surface area (Å²) in [5.41, 5.74) is 2.69. The molecule has 0 amide bonds. The van der Waals surface area contributed by atoms with Crippen LogP contribution in [-0.2, 0) is 10.0 Å². The molecule has 0 saturated carbocycles. The number of aromatic amines is 1. The van der Waals surface area contributed by atoms with E-state index in [9.17, 15) is 13.2 Å². The number of aryl methyl sites for hydroxylation is 3.